The van der Waals surface area contributed by atoms with Gasteiger partial charge in [-0.05, 0) is 13.1 Å². The van der Waals surface area contributed by atoms with Gasteiger partial charge >= 0.3 is 0 Å². The van der Waals surface area contributed by atoms with Crippen molar-refractivity contribution in [1.29, 1.82) is 0 Å². The van der Waals surface area contributed by atoms with Crippen LogP contribution in [0, 0.1) is 5.92 Å². The minimum atomic E-state index is 0.572. The molecule has 0 saturated carbocycles. The van der Waals surface area contributed by atoms with Crippen molar-refractivity contribution >= 4 is 33.8 Å². The summed E-state index contributed by atoms with van der Waals surface area (Å²) in [4.78, 5) is 23.6. The number of aldehydes is 1. The van der Waals surface area contributed by atoms with E-state index in [-0.39, 0.29) is 0 Å². The highest BCUT2D eigenvalue weighted by Gasteiger charge is 2.42. The van der Waals surface area contributed by atoms with Crippen molar-refractivity contribution in [1.82, 2.24) is 15.3 Å². The van der Waals surface area contributed by atoms with Gasteiger partial charge in [0.1, 0.15) is 16.2 Å². The lowest BCUT2D eigenvalue weighted by Crippen LogP contribution is -2.56. The zero-order chi connectivity index (χ0) is 14.1. The normalized spacial score (nSPS) is 23.8. The molecule has 0 bridgehead atoms. The van der Waals surface area contributed by atoms with E-state index in [1.54, 1.807) is 6.07 Å². The first-order valence-corrected chi connectivity index (χ1v) is 7.43. The summed E-state index contributed by atoms with van der Waals surface area (Å²) in [5.41, 5.74) is 5.31. The fourth-order valence-electron chi connectivity index (χ4n) is 2.80. The molecular weight excluding hydrogens is 274 g/mol. The van der Waals surface area contributed by atoms with Crippen molar-refractivity contribution in [2.24, 2.45) is 11.7 Å². The molecule has 2 aliphatic heterocycles. The number of carbonyl (C=O) groups is 1. The summed E-state index contributed by atoms with van der Waals surface area (Å²) in [5, 5.41) is 3.40. The maximum Gasteiger partial charge on any atom is 0.160 e. The summed E-state index contributed by atoms with van der Waals surface area (Å²) >= 11 is 1.40. The van der Waals surface area contributed by atoms with Crippen molar-refractivity contribution in [2.45, 2.75) is 6.04 Å². The van der Waals surface area contributed by atoms with E-state index in [1.165, 1.54) is 18.4 Å². The average molecular weight is 291 g/mol. The van der Waals surface area contributed by atoms with Crippen molar-refractivity contribution in [2.75, 3.05) is 31.6 Å². The lowest BCUT2D eigenvalue weighted by atomic mass is 9.92. The monoisotopic (exact) mass is 291 g/mol. The summed E-state index contributed by atoms with van der Waals surface area (Å²) in [6.45, 7) is 3.21. The van der Waals surface area contributed by atoms with Crippen LogP contribution in [0.3, 0.4) is 0 Å². The number of fused-ring (bicyclic) bond motifs is 2. The minimum absolute atomic E-state index is 0.572. The highest BCUT2D eigenvalue weighted by molar-refractivity contribution is 7.20. The first kappa shape index (κ1) is 13.4. The zero-order valence-electron chi connectivity index (χ0n) is 11.2. The molecule has 0 aromatic carbocycles. The Morgan fingerprint density at radius 3 is 3.10 bits per heavy atom. The van der Waals surface area contributed by atoms with Gasteiger partial charge in [-0.3, -0.25) is 4.79 Å². The van der Waals surface area contributed by atoms with E-state index < -0.39 is 0 Å². The van der Waals surface area contributed by atoms with Crippen molar-refractivity contribution in [3.63, 3.8) is 0 Å². The molecular formula is C13H17N5OS. The predicted molar refractivity (Wildman–Crippen MR) is 80.4 cm³/mol. The number of hydrogen-bond acceptors (Lipinski definition) is 7. The fraction of sp³-hybridized carbons (Fsp3) is 0.462. The lowest BCUT2D eigenvalue weighted by Gasteiger charge is -2.44. The molecule has 2 unspecified atom stereocenters. The largest absolute Gasteiger partial charge is 0.350 e. The highest BCUT2D eigenvalue weighted by atomic mass is 32.1. The zero-order valence-corrected chi connectivity index (χ0v) is 12.1. The number of nitrogens with one attached hydrogen (secondary N) is 1. The second-order valence-electron chi connectivity index (χ2n) is 4.82. The highest BCUT2D eigenvalue weighted by Crippen LogP contribution is 2.33. The third kappa shape index (κ3) is 2.07. The van der Waals surface area contributed by atoms with E-state index in [2.05, 4.69) is 25.9 Å². The van der Waals surface area contributed by atoms with Crippen LogP contribution in [0.4, 0.5) is 5.82 Å². The van der Waals surface area contributed by atoms with Crippen molar-refractivity contribution in [3.05, 3.63) is 17.1 Å². The quantitative estimate of drug-likeness (QED) is 0.783. The topological polar surface area (TPSA) is 84.1 Å². The van der Waals surface area contributed by atoms with Crippen LogP contribution in [-0.4, -0.2) is 49.0 Å². The van der Waals surface area contributed by atoms with Crippen LogP contribution in [0.25, 0.3) is 10.3 Å². The number of nitrogens with zero attached hydrogens (tertiary/aromatic N) is 3. The Bertz CT molecular complexity index is 628. The van der Waals surface area contributed by atoms with Gasteiger partial charge in [-0.1, -0.05) is 0 Å². The van der Waals surface area contributed by atoms with Gasteiger partial charge in [0.15, 0.2) is 6.29 Å². The number of nitrogens with two attached hydrogens (primary N) is 1. The molecule has 0 spiro atoms. The van der Waals surface area contributed by atoms with Crippen LogP contribution in [0.15, 0.2) is 12.3 Å². The van der Waals surface area contributed by atoms with Crippen LogP contribution in [0.1, 0.15) is 9.67 Å². The number of aromatic nitrogens is 2. The molecule has 2 aromatic rings. The Balaban J connectivity index is 0.000000581. The Kier molecular flexibility index (Phi) is 3.64. The number of carbonyl (C=O) groups excluding carboxylic acids is 1. The molecule has 2 saturated heterocycles. The van der Waals surface area contributed by atoms with Gasteiger partial charge < -0.3 is 16.0 Å². The molecule has 2 aliphatic rings. The molecule has 7 heteroatoms. The molecule has 4 rings (SSSR count). The van der Waals surface area contributed by atoms with Crippen LogP contribution in [0.2, 0.25) is 0 Å². The average Bonchev–Trinajstić information content (AvgIpc) is 3.04. The SMILES string of the molecule is CN.O=Cc1cc2ncc(N3CC4CNCC43)nc2s1. The Hall–Kier alpha value is -1.57. The molecule has 106 valence electrons. The maximum atomic E-state index is 10.7. The maximum absolute atomic E-state index is 10.7. The Morgan fingerprint density at radius 1 is 1.50 bits per heavy atom. The van der Waals surface area contributed by atoms with Crippen LogP contribution in [0.5, 0.6) is 0 Å². The second-order valence-corrected chi connectivity index (χ2v) is 5.89. The molecule has 0 aliphatic carbocycles. The van der Waals surface area contributed by atoms with E-state index in [0.717, 1.165) is 48.0 Å². The molecule has 0 radical (unpaired) electrons. The standard InChI is InChI=1S/C12H12N4OS.CH5N/c17-6-8-1-9-12(18-8)15-11(4-14-9)16-5-7-2-13-3-10(7)16;1-2/h1,4,6-7,10,13H,2-3,5H2;2H2,1H3. The lowest BCUT2D eigenvalue weighted by molar-refractivity contribution is 0.112. The Morgan fingerprint density at radius 2 is 2.35 bits per heavy atom. The Labute approximate surface area is 121 Å². The first-order chi connectivity index (χ1) is 9.85. The molecule has 6 nitrogen and oxygen atoms in total. The smallest absolute Gasteiger partial charge is 0.160 e. The van der Waals surface area contributed by atoms with Gasteiger partial charge in [-0.25, -0.2) is 9.97 Å². The van der Waals surface area contributed by atoms with Gasteiger partial charge in [0.05, 0.1) is 11.1 Å². The van der Waals surface area contributed by atoms with E-state index in [9.17, 15) is 4.79 Å². The van der Waals surface area contributed by atoms with Gasteiger partial charge in [-0.2, -0.15) is 0 Å². The molecule has 2 atom stereocenters. The van der Waals surface area contributed by atoms with Gasteiger partial charge in [0.2, 0.25) is 0 Å². The summed E-state index contributed by atoms with van der Waals surface area (Å²) in [5.74, 6) is 1.70. The minimum Gasteiger partial charge on any atom is -0.350 e. The molecule has 0 amide bonds. The van der Waals surface area contributed by atoms with E-state index >= 15 is 0 Å². The summed E-state index contributed by atoms with van der Waals surface area (Å²) < 4.78 is 0. The summed E-state index contributed by atoms with van der Waals surface area (Å²) in [7, 11) is 1.50. The van der Waals surface area contributed by atoms with Gasteiger partial charge in [0.25, 0.3) is 0 Å². The molecule has 3 N–H and O–H groups in total. The first-order valence-electron chi connectivity index (χ1n) is 6.62. The van der Waals surface area contributed by atoms with Crippen LogP contribution < -0.4 is 16.0 Å². The fourth-order valence-corrected chi connectivity index (χ4v) is 3.60. The second kappa shape index (κ2) is 5.43. The number of rotatable bonds is 2. The predicted octanol–water partition coefficient (Wildman–Crippen LogP) is 0.487. The third-order valence-corrected chi connectivity index (χ3v) is 4.74. The van der Waals surface area contributed by atoms with Crippen molar-refractivity contribution < 1.29 is 4.79 Å². The number of thiophene rings is 1. The number of hydrogen-bond donors (Lipinski definition) is 2. The summed E-state index contributed by atoms with van der Waals surface area (Å²) in [6.07, 6.45) is 2.67. The van der Waals surface area contributed by atoms with Crippen LogP contribution in [-0.2, 0) is 0 Å². The van der Waals surface area contributed by atoms with Gasteiger partial charge in [-0.15, -0.1) is 11.3 Å². The molecule has 20 heavy (non-hydrogen) atoms. The van der Waals surface area contributed by atoms with E-state index in [1.807, 2.05) is 6.20 Å². The number of anilines is 1. The van der Waals surface area contributed by atoms with Gasteiger partial charge in [0, 0.05) is 31.6 Å². The van der Waals surface area contributed by atoms with E-state index in [0.29, 0.717) is 10.9 Å². The van der Waals surface area contributed by atoms with E-state index in [4.69, 9.17) is 0 Å². The van der Waals surface area contributed by atoms with Crippen LogP contribution >= 0.6 is 11.3 Å². The molecule has 2 fully saturated rings. The van der Waals surface area contributed by atoms with Crippen molar-refractivity contribution in [3.8, 4) is 0 Å². The molecule has 4 heterocycles. The summed E-state index contributed by atoms with van der Waals surface area (Å²) in [6, 6.07) is 2.36. The third-order valence-electron chi connectivity index (χ3n) is 3.79. The molecule has 2 aromatic heterocycles.